The molecular weight excluding hydrogens is 246 g/mol. The molecule has 0 radical (unpaired) electrons. The van der Waals surface area contributed by atoms with Crippen LogP contribution in [0.4, 0.5) is 0 Å². The highest BCUT2D eigenvalue weighted by atomic mass is 32.2. The van der Waals surface area contributed by atoms with Crippen molar-refractivity contribution in [1.82, 2.24) is 25.5 Å². The van der Waals surface area contributed by atoms with Gasteiger partial charge in [-0.15, -0.1) is 5.10 Å². The Morgan fingerprint density at radius 2 is 2.28 bits per heavy atom. The molecule has 0 aromatic carbocycles. The molecule has 0 spiro atoms. The van der Waals surface area contributed by atoms with Gasteiger partial charge in [-0.1, -0.05) is 20.3 Å². The number of nitrogens with zero attached hydrogens (tertiary/aromatic N) is 4. The van der Waals surface area contributed by atoms with E-state index < -0.39 is 0 Å². The Labute approximate surface area is 113 Å². The number of rotatable bonds is 6. The Hall–Kier alpha value is -0.620. The number of aromatic nitrogens is 4. The fraction of sp³-hybridized carbons (Fsp3) is 0.917. The first-order chi connectivity index (χ1) is 8.77. The highest BCUT2D eigenvalue weighted by Gasteiger charge is 2.32. The van der Waals surface area contributed by atoms with Crippen LogP contribution in [0.5, 0.6) is 0 Å². The first-order valence-electron chi connectivity index (χ1n) is 6.90. The number of nitrogens with one attached hydrogen (secondary N) is 1. The van der Waals surface area contributed by atoms with E-state index in [9.17, 15) is 0 Å². The van der Waals surface area contributed by atoms with Crippen LogP contribution in [-0.4, -0.2) is 37.8 Å². The molecule has 1 aliphatic carbocycles. The normalized spacial score (nSPS) is 25.5. The second-order valence-electron chi connectivity index (χ2n) is 4.75. The predicted molar refractivity (Wildman–Crippen MR) is 74.7 cm³/mol. The molecule has 1 aromatic heterocycles. The van der Waals surface area contributed by atoms with Gasteiger partial charge in [0.05, 0.1) is 12.1 Å². The van der Waals surface area contributed by atoms with Gasteiger partial charge in [0, 0.05) is 5.25 Å². The maximum atomic E-state index is 4.24. The lowest BCUT2D eigenvalue weighted by Crippen LogP contribution is -2.26. The van der Waals surface area contributed by atoms with Crippen LogP contribution in [0.25, 0.3) is 0 Å². The van der Waals surface area contributed by atoms with Crippen LogP contribution < -0.4 is 5.32 Å². The van der Waals surface area contributed by atoms with Crippen molar-refractivity contribution in [2.75, 3.05) is 12.3 Å². The molecule has 3 unspecified atom stereocenters. The molecule has 0 saturated heterocycles. The maximum Gasteiger partial charge on any atom is 0.168 e. The zero-order valence-corrected chi connectivity index (χ0v) is 12.3. The second kappa shape index (κ2) is 6.52. The second-order valence-corrected chi connectivity index (χ2v) is 6.27. The molecule has 18 heavy (non-hydrogen) atoms. The van der Waals surface area contributed by atoms with Crippen LogP contribution >= 0.6 is 11.8 Å². The zero-order chi connectivity index (χ0) is 13.0. The first kappa shape index (κ1) is 13.8. The summed E-state index contributed by atoms with van der Waals surface area (Å²) in [5, 5.41) is 16.4. The lowest BCUT2D eigenvalue weighted by atomic mass is 10.2. The minimum Gasteiger partial charge on any atom is -0.308 e. The molecule has 0 bridgehead atoms. The fourth-order valence-electron chi connectivity index (χ4n) is 2.71. The number of thioether (sulfide) groups is 1. The van der Waals surface area contributed by atoms with Gasteiger partial charge >= 0.3 is 0 Å². The molecule has 3 atom stereocenters. The molecule has 1 saturated carbocycles. The van der Waals surface area contributed by atoms with Gasteiger partial charge in [0.2, 0.25) is 0 Å². The summed E-state index contributed by atoms with van der Waals surface area (Å²) in [6, 6.07) is 0.693. The third-order valence-corrected chi connectivity index (χ3v) is 4.84. The largest absolute Gasteiger partial charge is 0.308 e. The van der Waals surface area contributed by atoms with Crippen molar-refractivity contribution in [2.45, 2.75) is 57.4 Å². The first-order valence-corrected chi connectivity index (χ1v) is 7.95. The molecule has 1 fully saturated rings. The summed E-state index contributed by atoms with van der Waals surface area (Å²) in [5.74, 6) is 2.15. The van der Waals surface area contributed by atoms with Crippen molar-refractivity contribution >= 4 is 11.8 Å². The van der Waals surface area contributed by atoms with E-state index in [0.717, 1.165) is 12.4 Å². The summed E-state index contributed by atoms with van der Waals surface area (Å²) < 4.78 is 2.06. The minimum atomic E-state index is 0.220. The molecule has 1 aromatic rings. The number of hydrogen-bond donors (Lipinski definition) is 1. The summed E-state index contributed by atoms with van der Waals surface area (Å²) in [7, 11) is 0. The van der Waals surface area contributed by atoms with E-state index in [2.05, 4.69) is 46.3 Å². The standard InChI is InChI=1S/C12H23N5S/c1-4-13-9(3)12-14-15-16-17(12)10-7-6-8-11(10)18-5-2/h9-11,13H,4-8H2,1-3H3. The summed E-state index contributed by atoms with van der Waals surface area (Å²) in [6.45, 7) is 7.40. The zero-order valence-electron chi connectivity index (χ0n) is 11.5. The van der Waals surface area contributed by atoms with E-state index in [1.807, 2.05) is 11.8 Å². The lowest BCUT2D eigenvalue weighted by molar-refractivity contribution is 0.419. The molecule has 0 amide bonds. The van der Waals surface area contributed by atoms with Crippen molar-refractivity contribution in [1.29, 1.82) is 0 Å². The van der Waals surface area contributed by atoms with E-state index >= 15 is 0 Å². The number of tetrazole rings is 1. The maximum absolute atomic E-state index is 4.24. The molecule has 0 aliphatic heterocycles. The third-order valence-electron chi connectivity index (χ3n) is 3.53. The minimum absolute atomic E-state index is 0.220. The molecular formula is C12H23N5S. The van der Waals surface area contributed by atoms with Gasteiger partial charge in [-0.3, -0.25) is 0 Å². The molecule has 2 rings (SSSR count). The van der Waals surface area contributed by atoms with Gasteiger partial charge in [-0.2, -0.15) is 11.8 Å². The van der Waals surface area contributed by atoms with Crippen molar-refractivity contribution in [2.24, 2.45) is 0 Å². The van der Waals surface area contributed by atoms with Crippen LogP contribution in [0.1, 0.15) is 57.9 Å². The third kappa shape index (κ3) is 2.85. The van der Waals surface area contributed by atoms with E-state index in [1.54, 1.807) is 0 Å². The molecule has 1 aliphatic rings. The topological polar surface area (TPSA) is 55.6 Å². The quantitative estimate of drug-likeness (QED) is 0.858. The van der Waals surface area contributed by atoms with Gasteiger partial charge in [0.25, 0.3) is 0 Å². The van der Waals surface area contributed by atoms with Crippen molar-refractivity contribution in [3.05, 3.63) is 5.82 Å². The molecule has 102 valence electrons. The van der Waals surface area contributed by atoms with Gasteiger partial charge in [-0.05, 0) is 42.5 Å². The van der Waals surface area contributed by atoms with Crippen LogP contribution in [-0.2, 0) is 0 Å². The van der Waals surface area contributed by atoms with E-state index in [-0.39, 0.29) is 6.04 Å². The van der Waals surface area contributed by atoms with Crippen LogP contribution in [0.3, 0.4) is 0 Å². The number of hydrogen-bond acceptors (Lipinski definition) is 5. The Morgan fingerprint density at radius 3 is 3.00 bits per heavy atom. The van der Waals surface area contributed by atoms with Gasteiger partial charge < -0.3 is 5.32 Å². The lowest BCUT2D eigenvalue weighted by Gasteiger charge is -2.21. The Kier molecular flexibility index (Phi) is 5.00. The average molecular weight is 269 g/mol. The molecule has 1 N–H and O–H groups in total. The van der Waals surface area contributed by atoms with Gasteiger partial charge in [0.1, 0.15) is 0 Å². The highest BCUT2D eigenvalue weighted by molar-refractivity contribution is 7.99. The molecule has 6 heteroatoms. The molecule has 1 heterocycles. The smallest absolute Gasteiger partial charge is 0.168 e. The Morgan fingerprint density at radius 1 is 1.44 bits per heavy atom. The summed E-state index contributed by atoms with van der Waals surface area (Å²) in [6.07, 6.45) is 3.78. The predicted octanol–water partition coefficient (Wildman–Crippen LogP) is 2.19. The van der Waals surface area contributed by atoms with Crippen molar-refractivity contribution in [3.63, 3.8) is 0 Å². The van der Waals surface area contributed by atoms with Crippen molar-refractivity contribution < 1.29 is 0 Å². The fourth-order valence-corrected chi connectivity index (χ4v) is 3.95. The van der Waals surface area contributed by atoms with Crippen LogP contribution in [0.2, 0.25) is 0 Å². The van der Waals surface area contributed by atoms with Crippen LogP contribution in [0, 0.1) is 0 Å². The van der Waals surface area contributed by atoms with Crippen LogP contribution in [0.15, 0.2) is 0 Å². The van der Waals surface area contributed by atoms with Crippen molar-refractivity contribution in [3.8, 4) is 0 Å². The van der Waals surface area contributed by atoms with E-state index in [1.165, 1.54) is 25.0 Å². The van der Waals surface area contributed by atoms with E-state index in [0.29, 0.717) is 11.3 Å². The highest BCUT2D eigenvalue weighted by Crippen LogP contribution is 2.38. The summed E-state index contributed by atoms with van der Waals surface area (Å²) in [5.41, 5.74) is 0. The molecule has 5 nitrogen and oxygen atoms in total. The SMILES string of the molecule is CCNC(C)c1nnnn1C1CCCC1SCC. The van der Waals surface area contributed by atoms with Gasteiger partial charge in [0.15, 0.2) is 5.82 Å². The Bertz CT molecular complexity index is 367. The Balaban J connectivity index is 2.15. The summed E-state index contributed by atoms with van der Waals surface area (Å²) in [4.78, 5) is 0. The summed E-state index contributed by atoms with van der Waals surface area (Å²) >= 11 is 2.04. The average Bonchev–Trinajstić information content (AvgIpc) is 2.96. The monoisotopic (exact) mass is 269 g/mol. The van der Waals surface area contributed by atoms with Gasteiger partial charge in [-0.25, -0.2) is 4.68 Å². The van der Waals surface area contributed by atoms with E-state index in [4.69, 9.17) is 0 Å².